The van der Waals surface area contributed by atoms with E-state index in [0.717, 1.165) is 12.5 Å². The number of nitrogens with one attached hydrogen (secondary N) is 1. The Labute approximate surface area is 91.3 Å². The maximum atomic E-state index is 9.16. The summed E-state index contributed by atoms with van der Waals surface area (Å²) in [7, 11) is 0. The lowest BCUT2D eigenvalue weighted by Gasteiger charge is -2.16. The molecule has 0 spiro atoms. The molecule has 15 heavy (non-hydrogen) atoms. The Morgan fingerprint density at radius 1 is 1.33 bits per heavy atom. The zero-order valence-corrected chi connectivity index (χ0v) is 9.24. The van der Waals surface area contributed by atoms with Gasteiger partial charge in [-0.05, 0) is 42.9 Å². The maximum absolute atomic E-state index is 9.16. The average Bonchev–Trinajstić information content (AvgIpc) is 3.06. The van der Waals surface area contributed by atoms with Crippen LogP contribution in [0.25, 0.3) is 0 Å². The van der Waals surface area contributed by atoms with E-state index in [0.29, 0.717) is 11.8 Å². The molecule has 82 valence electrons. The van der Waals surface area contributed by atoms with Crippen LogP contribution in [0.15, 0.2) is 24.3 Å². The molecule has 0 aromatic heterocycles. The van der Waals surface area contributed by atoms with E-state index in [1.54, 1.807) is 12.1 Å². The first-order chi connectivity index (χ1) is 7.29. The molecule has 1 aromatic rings. The summed E-state index contributed by atoms with van der Waals surface area (Å²) >= 11 is 0. The smallest absolute Gasteiger partial charge is 0.115 e. The van der Waals surface area contributed by atoms with Crippen molar-refractivity contribution in [2.24, 2.45) is 5.92 Å². The normalized spacial score (nSPS) is 17.7. The summed E-state index contributed by atoms with van der Waals surface area (Å²) in [5.41, 5.74) is 1.24. The molecule has 1 unspecified atom stereocenters. The van der Waals surface area contributed by atoms with Crippen molar-refractivity contribution in [2.75, 3.05) is 0 Å². The molecule has 0 bridgehead atoms. The molecule has 1 saturated carbocycles. The molecule has 0 saturated heterocycles. The second-order valence-electron chi connectivity index (χ2n) is 4.40. The molecular formula is C13H19NO. The van der Waals surface area contributed by atoms with Crippen LogP contribution in [0.5, 0.6) is 5.75 Å². The number of hydrogen-bond donors (Lipinski definition) is 2. The van der Waals surface area contributed by atoms with Gasteiger partial charge in [0.1, 0.15) is 5.75 Å². The fraction of sp³-hybridized carbons (Fsp3) is 0.538. The first-order valence-electron chi connectivity index (χ1n) is 5.81. The molecule has 0 heterocycles. The van der Waals surface area contributed by atoms with Crippen LogP contribution >= 0.6 is 0 Å². The average molecular weight is 205 g/mol. The minimum atomic E-state index is 0.341. The molecule has 1 aliphatic carbocycles. The zero-order valence-electron chi connectivity index (χ0n) is 9.24. The van der Waals surface area contributed by atoms with Gasteiger partial charge in [-0.2, -0.15) is 0 Å². The Kier molecular flexibility index (Phi) is 3.27. The molecule has 1 aromatic carbocycles. The zero-order chi connectivity index (χ0) is 10.7. The van der Waals surface area contributed by atoms with Crippen LogP contribution in [-0.2, 0) is 6.54 Å². The summed E-state index contributed by atoms with van der Waals surface area (Å²) in [5, 5.41) is 12.7. The van der Waals surface area contributed by atoms with Crippen molar-refractivity contribution < 1.29 is 5.11 Å². The van der Waals surface area contributed by atoms with Crippen LogP contribution in [0.4, 0.5) is 0 Å². The van der Waals surface area contributed by atoms with Crippen molar-refractivity contribution in [1.29, 1.82) is 0 Å². The van der Waals surface area contributed by atoms with Gasteiger partial charge in [-0.15, -0.1) is 0 Å². The number of benzene rings is 1. The van der Waals surface area contributed by atoms with E-state index < -0.39 is 0 Å². The third-order valence-corrected chi connectivity index (χ3v) is 3.14. The van der Waals surface area contributed by atoms with Gasteiger partial charge < -0.3 is 10.4 Å². The maximum Gasteiger partial charge on any atom is 0.115 e. The Bertz CT molecular complexity index is 303. The Morgan fingerprint density at radius 2 is 2.00 bits per heavy atom. The molecule has 1 atom stereocenters. The van der Waals surface area contributed by atoms with Gasteiger partial charge in [0.25, 0.3) is 0 Å². The van der Waals surface area contributed by atoms with Gasteiger partial charge >= 0.3 is 0 Å². The minimum absolute atomic E-state index is 0.341. The van der Waals surface area contributed by atoms with E-state index in [9.17, 15) is 0 Å². The Balaban J connectivity index is 1.83. The van der Waals surface area contributed by atoms with Gasteiger partial charge in [-0.1, -0.05) is 19.1 Å². The molecular weight excluding hydrogens is 186 g/mol. The van der Waals surface area contributed by atoms with Crippen LogP contribution in [-0.4, -0.2) is 11.1 Å². The van der Waals surface area contributed by atoms with Crippen molar-refractivity contribution in [3.63, 3.8) is 0 Å². The molecule has 1 fully saturated rings. The number of phenols is 1. The van der Waals surface area contributed by atoms with Crippen LogP contribution in [0.3, 0.4) is 0 Å². The third-order valence-electron chi connectivity index (χ3n) is 3.14. The summed E-state index contributed by atoms with van der Waals surface area (Å²) in [6.07, 6.45) is 3.99. The van der Waals surface area contributed by atoms with Crippen molar-refractivity contribution in [2.45, 2.75) is 38.8 Å². The van der Waals surface area contributed by atoms with Crippen LogP contribution < -0.4 is 5.32 Å². The SMILES string of the molecule is CCC(NCc1ccc(O)cc1)C1CC1. The Morgan fingerprint density at radius 3 is 2.53 bits per heavy atom. The number of rotatable bonds is 5. The summed E-state index contributed by atoms with van der Waals surface area (Å²) in [6.45, 7) is 3.15. The lowest BCUT2D eigenvalue weighted by atomic mass is 10.1. The Hall–Kier alpha value is -1.02. The third kappa shape index (κ3) is 2.96. The largest absolute Gasteiger partial charge is 0.508 e. The van der Waals surface area contributed by atoms with Gasteiger partial charge in [0.15, 0.2) is 0 Å². The van der Waals surface area contributed by atoms with Crippen molar-refractivity contribution in [3.8, 4) is 5.75 Å². The van der Waals surface area contributed by atoms with Gasteiger partial charge in [0, 0.05) is 12.6 Å². The second-order valence-corrected chi connectivity index (χ2v) is 4.40. The quantitative estimate of drug-likeness (QED) is 0.774. The van der Waals surface area contributed by atoms with Gasteiger partial charge in [-0.25, -0.2) is 0 Å². The predicted octanol–water partition coefficient (Wildman–Crippen LogP) is 2.67. The fourth-order valence-electron chi connectivity index (χ4n) is 2.01. The summed E-state index contributed by atoms with van der Waals surface area (Å²) in [4.78, 5) is 0. The van der Waals surface area contributed by atoms with Crippen molar-refractivity contribution >= 4 is 0 Å². The minimum Gasteiger partial charge on any atom is -0.508 e. The van der Waals surface area contributed by atoms with Gasteiger partial charge in [0.05, 0.1) is 0 Å². The molecule has 0 aliphatic heterocycles. The van der Waals surface area contributed by atoms with E-state index in [1.165, 1.54) is 24.8 Å². The van der Waals surface area contributed by atoms with Gasteiger partial charge in [-0.3, -0.25) is 0 Å². The van der Waals surface area contributed by atoms with E-state index in [1.807, 2.05) is 12.1 Å². The first-order valence-corrected chi connectivity index (χ1v) is 5.81. The highest BCUT2D eigenvalue weighted by molar-refractivity contribution is 5.25. The lowest BCUT2D eigenvalue weighted by molar-refractivity contribution is 0.448. The van der Waals surface area contributed by atoms with E-state index >= 15 is 0 Å². The van der Waals surface area contributed by atoms with Crippen LogP contribution in [0, 0.1) is 5.92 Å². The van der Waals surface area contributed by atoms with E-state index in [-0.39, 0.29) is 0 Å². The van der Waals surface area contributed by atoms with Crippen LogP contribution in [0.1, 0.15) is 31.7 Å². The highest BCUT2D eigenvalue weighted by atomic mass is 16.3. The molecule has 2 rings (SSSR count). The highest BCUT2D eigenvalue weighted by Gasteiger charge is 2.29. The summed E-state index contributed by atoms with van der Waals surface area (Å²) in [5.74, 6) is 1.25. The molecule has 1 aliphatic rings. The van der Waals surface area contributed by atoms with E-state index in [2.05, 4.69) is 12.2 Å². The molecule has 2 heteroatoms. The summed E-state index contributed by atoms with van der Waals surface area (Å²) < 4.78 is 0. The number of hydrogen-bond acceptors (Lipinski definition) is 2. The van der Waals surface area contributed by atoms with Crippen LogP contribution in [0.2, 0.25) is 0 Å². The number of aromatic hydroxyl groups is 1. The molecule has 0 radical (unpaired) electrons. The molecule has 0 amide bonds. The van der Waals surface area contributed by atoms with Crippen molar-refractivity contribution in [1.82, 2.24) is 5.32 Å². The molecule has 2 N–H and O–H groups in total. The standard InChI is InChI=1S/C13H19NO/c1-2-13(11-5-6-11)14-9-10-3-7-12(15)8-4-10/h3-4,7-8,11,13-15H,2,5-6,9H2,1H3. The highest BCUT2D eigenvalue weighted by Crippen LogP contribution is 2.33. The van der Waals surface area contributed by atoms with Crippen molar-refractivity contribution in [3.05, 3.63) is 29.8 Å². The fourth-order valence-corrected chi connectivity index (χ4v) is 2.01. The predicted molar refractivity (Wildman–Crippen MR) is 61.7 cm³/mol. The molecule has 2 nitrogen and oxygen atoms in total. The van der Waals surface area contributed by atoms with E-state index in [4.69, 9.17) is 5.11 Å². The monoisotopic (exact) mass is 205 g/mol. The lowest BCUT2D eigenvalue weighted by Crippen LogP contribution is -2.29. The second kappa shape index (κ2) is 4.67. The first kappa shape index (κ1) is 10.5. The summed E-state index contributed by atoms with van der Waals surface area (Å²) in [6, 6.07) is 8.12. The topological polar surface area (TPSA) is 32.3 Å². The van der Waals surface area contributed by atoms with Gasteiger partial charge in [0.2, 0.25) is 0 Å². The number of phenolic OH excluding ortho intramolecular Hbond substituents is 1.